The lowest BCUT2D eigenvalue weighted by Gasteiger charge is -2.22. The summed E-state index contributed by atoms with van der Waals surface area (Å²) in [4.78, 5) is 6.48. The normalized spacial score (nSPS) is 19.2. The molecule has 0 aliphatic carbocycles. The van der Waals surface area contributed by atoms with Gasteiger partial charge in [-0.3, -0.25) is 4.98 Å². The van der Waals surface area contributed by atoms with Gasteiger partial charge in [-0.2, -0.15) is 0 Å². The summed E-state index contributed by atoms with van der Waals surface area (Å²) in [6, 6.07) is 15.1. The molecule has 1 aromatic heterocycles. The molecule has 0 fully saturated rings. The summed E-state index contributed by atoms with van der Waals surface area (Å²) in [5.41, 5.74) is 3.31. The van der Waals surface area contributed by atoms with Crippen molar-refractivity contribution >= 4 is 36.1 Å². The van der Waals surface area contributed by atoms with Crippen molar-refractivity contribution in [3.8, 4) is 0 Å². The minimum Gasteiger partial charge on any atom is -0.378 e. The number of rotatable bonds is 3. The van der Waals surface area contributed by atoms with Gasteiger partial charge in [-0.15, -0.1) is 0 Å². The zero-order chi connectivity index (χ0) is 22.6. The van der Waals surface area contributed by atoms with E-state index in [-0.39, 0.29) is 12.8 Å². The molecule has 2 aromatic carbocycles. The molecule has 4 bridgehead atoms. The second-order valence-corrected chi connectivity index (χ2v) is 13.0. The second kappa shape index (κ2) is 7.60. The first-order valence-electron chi connectivity index (χ1n) is 10.0. The molecule has 3 heterocycles. The number of anilines is 1. The van der Waals surface area contributed by atoms with Crippen LogP contribution in [0.25, 0.3) is 10.8 Å². The number of aromatic nitrogens is 1. The fourth-order valence-electron chi connectivity index (χ4n) is 4.28. The van der Waals surface area contributed by atoms with Crippen LogP contribution in [0.15, 0.2) is 48.5 Å². The monoisotopic (exact) mass is 458 g/mol. The highest BCUT2D eigenvalue weighted by Gasteiger charge is 2.32. The van der Waals surface area contributed by atoms with E-state index >= 15 is 0 Å². The van der Waals surface area contributed by atoms with Gasteiger partial charge in [0.2, 0.25) is 0 Å². The van der Waals surface area contributed by atoms with Crippen LogP contribution in [-0.2, 0) is 32.5 Å². The third kappa shape index (κ3) is 4.19. The summed E-state index contributed by atoms with van der Waals surface area (Å²) < 4.78 is 51.5. The number of hydrogen-bond donors (Lipinski definition) is 0. The standard InChI is InChI=1S/C23H26N2O4S2/c1-25(2)17-13-20-22(30(3,26)27)11-15-9-10-16(19-8-6-5-7-18(15)19)12-23(31(4,28)29)21(14-17)24-20/h5-10,13-14,22-23H,11-12H2,1-4H3. The van der Waals surface area contributed by atoms with E-state index in [1.54, 1.807) is 12.1 Å². The summed E-state index contributed by atoms with van der Waals surface area (Å²) in [6.45, 7) is 0. The van der Waals surface area contributed by atoms with Gasteiger partial charge in [-0.25, -0.2) is 16.8 Å². The smallest absolute Gasteiger partial charge is 0.156 e. The van der Waals surface area contributed by atoms with E-state index in [1.807, 2.05) is 55.4 Å². The molecule has 5 rings (SSSR count). The summed E-state index contributed by atoms with van der Waals surface area (Å²) >= 11 is 0. The van der Waals surface area contributed by atoms with E-state index in [0.29, 0.717) is 11.4 Å². The number of pyridine rings is 1. The van der Waals surface area contributed by atoms with Gasteiger partial charge in [0.25, 0.3) is 0 Å². The van der Waals surface area contributed by atoms with Crippen molar-refractivity contribution in [2.24, 2.45) is 0 Å². The topological polar surface area (TPSA) is 84.4 Å². The first kappa shape index (κ1) is 21.8. The Labute approximate surface area is 183 Å². The molecule has 0 radical (unpaired) electrons. The largest absolute Gasteiger partial charge is 0.378 e. The summed E-state index contributed by atoms with van der Waals surface area (Å²) in [7, 11) is -3.35. The molecule has 0 saturated carbocycles. The van der Waals surface area contributed by atoms with Gasteiger partial charge in [-0.05, 0) is 46.9 Å². The van der Waals surface area contributed by atoms with Crippen molar-refractivity contribution in [3.63, 3.8) is 0 Å². The van der Waals surface area contributed by atoms with Crippen LogP contribution in [0.1, 0.15) is 33.0 Å². The molecule has 0 N–H and O–H groups in total. The molecular weight excluding hydrogens is 432 g/mol. The van der Waals surface area contributed by atoms with Crippen LogP contribution in [0.4, 0.5) is 5.69 Å². The Morgan fingerprint density at radius 1 is 0.774 bits per heavy atom. The van der Waals surface area contributed by atoms with Crippen molar-refractivity contribution in [2.45, 2.75) is 23.3 Å². The van der Waals surface area contributed by atoms with E-state index in [9.17, 15) is 16.8 Å². The number of sulfone groups is 2. The SMILES string of the molecule is CN(C)c1cc2nc(c1)C(S(C)(=O)=O)Cc1ccc(c3ccccc13)CC2S(C)(=O)=O. The third-order valence-corrected chi connectivity index (χ3v) is 8.86. The molecule has 3 aromatic rings. The molecule has 0 amide bonds. The average Bonchev–Trinajstić information content (AvgIpc) is 2.71. The summed E-state index contributed by atoms with van der Waals surface area (Å²) in [6.07, 6.45) is 2.97. The molecule has 2 unspecified atom stereocenters. The maximum absolute atomic E-state index is 12.9. The van der Waals surface area contributed by atoms with Crippen LogP contribution >= 0.6 is 0 Å². The molecule has 8 heteroatoms. The molecule has 2 atom stereocenters. The van der Waals surface area contributed by atoms with Crippen LogP contribution in [0.5, 0.6) is 0 Å². The van der Waals surface area contributed by atoms with Gasteiger partial charge in [-0.1, -0.05) is 36.4 Å². The fourth-order valence-corrected chi connectivity index (χ4v) is 6.36. The Bertz CT molecular complexity index is 1280. The summed E-state index contributed by atoms with van der Waals surface area (Å²) in [5, 5.41) is 0.143. The molecule has 2 aliphatic rings. The second-order valence-electron chi connectivity index (χ2n) is 8.54. The van der Waals surface area contributed by atoms with E-state index in [0.717, 1.165) is 27.6 Å². The van der Waals surface area contributed by atoms with Crippen molar-refractivity contribution in [1.82, 2.24) is 4.98 Å². The van der Waals surface area contributed by atoms with Gasteiger partial charge in [0.15, 0.2) is 19.7 Å². The number of nitrogens with zero attached hydrogens (tertiary/aromatic N) is 2. The number of fused-ring (bicyclic) bond motifs is 3. The molecule has 0 spiro atoms. The molecule has 31 heavy (non-hydrogen) atoms. The van der Waals surface area contributed by atoms with Crippen LogP contribution in [0, 0.1) is 0 Å². The number of hydrogen-bond acceptors (Lipinski definition) is 6. The first-order chi connectivity index (χ1) is 14.4. The van der Waals surface area contributed by atoms with Crippen molar-refractivity contribution in [2.75, 3.05) is 31.5 Å². The summed E-state index contributed by atoms with van der Waals surface area (Å²) in [5.74, 6) is 0. The van der Waals surface area contributed by atoms with Crippen LogP contribution in [-0.4, -0.2) is 48.4 Å². The molecule has 2 aliphatic heterocycles. The minimum absolute atomic E-state index is 0.270. The zero-order valence-electron chi connectivity index (χ0n) is 18.0. The molecular formula is C23H26N2O4S2. The molecule has 0 saturated heterocycles. The maximum atomic E-state index is 12.9. The Morgan fingerprint density at radius 3 is 1.55 bits per heavy atom. The zero-order valence-corrected chi connectivity index (χ0v) is 19.7. The third-order valence-electron chi connectivity index (χ3n) is 5.97. The molecule has 6 nitrogen and oxygen atoms in total. The lowest BCUT2D eigenvalue weighted by atomic mass is 9.94. The van der Waals surface area contributed by atoms with Crippen LogP contribution < -0.4 is 4.90 Å². The average molecular weight is 459 g/mol. The Hall–Kier alpha value is -2.45. The Kier molecular flexibility index (Phi) is 5.34. The van der Waals surface area contributed by atoms with E-state index in [1.165, 1.54) is 12.5 Å². The minimum atomic E-state index is -3.52. The van der Waals surface area contributed by atoms with Gasteiger partial charge in [0, 0.05) is 32.3 Å². The predicted octanol–water partition coefficient (Wildman–Crippen LogP) is 3.27. The highest BCUT2D eigenvalue weighted by Crippen LogP contribution is 2.37. The molecule has 164 valence electrons. The van der Waals surface area contributed by atoms with Gasteiger partial charge >= 0.3 is 0 Å². The van der Waals surface area contributed by atoms with Gasteiger partial charge in [0.05, 0.1) is 11.4 Å². The van der Waals surface area contributed by atoms with Crippen LogP contribution in [0.2, 0.25) is 0 Å². The quantitative estimate of drug-likeness (QED) is 0.599. The van der Waals surface area contributed by atoms with E-state index < -0.39 is 30.2 Å². The lowest BCUT2D eigenvalue weighted by Crippen LogP contribution is -2.21. The van der Waals surface area contributed by atoms with Crippen LogP contribution in [0.3, 0.4) is 0 Å². The van der Waals surface area contributed by atoms with Gasteiger partial charge in [0.1, 0.15) is 10.5 Å². The van der Waals surface area contributed by atoms with E-state index in [2.05, 4.69) is 4.98 Å². The Balaban J connectivity index is 2.11. The van der Waals surface area contributed by atoms with Gasteiger partial charge < -0.3 is 4.90 Å². The fraction of sp³-hybridized carbons (Fsp3) is 0.348. The first-order valence-corrected chi connectivity index (χ1v) is 13.9. The highest BCUT2D eigenvalue weighted by molar-refractivity contribution is 7.91. The number of benzene rings is 2. The van der Waals surface area contributed by atoms with Crippen molar-refractivity contribution < 1.29 is 16.8 Å². The highest BCUT2D eigenvalue weighted by atomic mass is 32.2. The lowest BCUT2D eigenvalue weighted by molar-refractivity contribution is 0.583. The maximum Gasteiger partial charge on any atom is 0.156 e. The predicted molar refractivity (Wildman–Crippen MR) is 125 cm³/mol. The van der Waals surface area contributed by atoms with Crippen molar-refractivity contribution in [1.29, 1.82) is 0 Å². The van der Waals surface area contributed by atoms with E-state index in [4.69, 9.17) is 0 Å². The Morgan fingerprint density at radius 2 is 1.19 bits per heavy atom. The van der Waals surface area contributed by atoms with Crippen molar-refractivity contribution in [3.05, 3.63) is 71.0 Å².